The van der Waals surface area contributed by atoms with Gasteiger partial charge in [-0.05, 0) is 69.6 Å². The van der Waals surface area contributed by atoms with Crippen LogP contribution >= 0.6 is 0 Å². The standard InChI is InChI=1S/C33H60O/c1-3-5-7-9-11-13-15-17-19-21-23-25-29-33(30-26-32(34)27-31-33)28-24-22-20-18-16-14-12-10-8-6-4-2/h8-11H,3-7,12-31H2,1-2H3/b10-8-,11-9-. The van der Waals surface area contributed by atoms with E-state index in [1.54, 1.807) is 0 Å². The minimum Gasteiger partial charge on any atom is -0.300 e. The van der Waals surface area contributed by atoms with Gasteiger partial charge >= 0.3 is 0 Å². The average molecular weight is 473 g/mol. The lowest BCUT2D eigenvalue weighted by Gasteiger charge is -2.37. The molecule has 0 atom stereocenters. The third-order valence-electron chi connectivity index (χ3n) is 8.04. The first-order valence-corrected chi connectivity index (χ1v) is 15.5. The topological polar surface area (TPSA) is 17.1 Å². The predicted molar refractivity (Wildman–Crippen MR) is 152 cm³/mol. The zero-order valence-electron chi connectivity index (χ0n) is 23.4. The fourth-order valence-corrected chi connectivity index (χ4v) is 5.58. The third-order valence-corrected chi connectivity index (χ3v) is 8.04. The molecule has 0 spiro atoms. The molecule has 0 aliphatic heterocycles. The fourth-order valence-electron chi connectivity index (χ4n) is 5.58. The molecule has 1 fully saturated rings. The van der Waals surface area contributed by atoms with E-state index < -0.39 is 0 Å². The van der Waals surface area contributed by atoms with Crippen LogP contribution in [0.5, 0.6) is 0 Å². The van der Waals surface area contributed by atoms with Crippen molar-refractivity contribution in [2.24, 2.45) is 5.41 Å². The van der Waals surface area contributed by atoms with E-state index in [9.17, 15) is 4.79 Å². The van der Waals surface area contributed by atoms with Crippen molar-refractivity contribution in [2.45, 2.75) is 174 Å². The molecule has 0 heterocycles. The van der Waals surface area contributed by atoms with E-state index in [1.165, 1.54) is 148 Å². The van der Waals surface area contributed by atoms with Gasteiger partial charge in [-0.25, -0.2) is 0 Å². The number of hydrogen-bond donors (Lipinski definition) is 0. The largest absolute Gasteiger partial charge is 0.300 e. The molecule has 0 amide bonds. The Morgan fingerprint density at radius 1 is 0.529 bits per heavy atom. The highest BCUT2D eigenvalue weighted by Gasteiger charge is 2.33. The van der Waals surface area contributed by atoms with Crippen LogP contribution in [-0.2, 0) is 4.79 Å². The summed E-state index contributed by atoms with van der Waals surface area (Å²) in [6.07, 6.45) is 42.0. The number of carbonyl (C=O) groups is 1. The SMILES string of the molecule is CCC/C=C\CCCCCCCCC1(CCCCCCCC/C=C\CCCC)CCC(=O)CC1. The van der Waals surface area contributed by atoms with Crippen LogP contribution in [0.2, 0.25) is 0 Å². The minimum atomic E-state index is 0.501. The Morgan fingerprint density at radius 3 is 1.41 bits per heavy atom. The van der Waals surface area contributed by atoms with Crippen LogP contribution in [0.3, 0.4) is 0 Å². The van der Waals surface area contributed by atoms with E-state index in [0.29, 0.717) is 11.2 Å². The number of rotatable bonds is 23. The second-order valence-corrected chi connectivity index (χ2v) is 11.2. The van der Waals surface area contributed by atoms with Crippen molar-refractivity contribution in [2.75, 3.05) is 0 Å². The smallest absolute Gasteiger partial charge is 0.132 e. The van der Waals surface area contributed by atoms with Crippen LogP contribution in [0.1, 0.15) is 174 Å². The van der Waals surface area contributed by atoms with Crippen molar-refractivity contribution in [3.63, 3.8) is 0 Å². The number of Topliss-reactive ketones (excluding diaryl/α,β-unsaturated/α-hetero) is 1. The molecule has 1 aliphatic rings. The molecular weight excluding hydrogens is 412 g/mol. The summed E-state index contributed by atoms with van der Waals surface area (Å²) >= 11 is 0. The molecule has 0 saturated heterocycles. The maximum Gasteiger partial charge on any atom is 0.132 e. The third kappa shape index (κ3) is 17.6. The van der Waals surface area contributed by atoms with Crippen LogP contribution in [0.4, 0.5) is 0 Å². The van der Waals surface area contributed by atoms with Gasteiger partial charge in [0.15, 0.2) is 0 Å². The van der Waals surface area contributed by atoms with E-state index in [1.807, 2.05) is 0 Å². The summed E-state index contributed by atoms with van der Waals surface area (Å²) in [6, 6.07) is 0. The Labute approximate surface area is 214 Å². The van der Waals surface area contributed by atoms with Gasteiger partial charge in [0.25, 0.3) is 0 Å². The lowest BCUT2D eigenvalue weighted by atomic mass is 9.67. The molecule has 1 saturated carbocycles. The quantitative estimate of drug-likeness (QED) is 0.107. The van der Waals surface area contributed by atoms with E-state index >= 15 is 0 Å². The van der Waals surface area contributed by atoms with Crippen molar-refractivity contribution in [1.82, 2.24) is 0 Å². The van der Waals surface area contributed by atoms with Crippen molar-refractivity contribution in [1.29, 1.82) is 0 Å². The van der Waals surface area contributed by atoms with E-state index in [2.05, 4.69) is 38.2 Å². The van der Waals surface area contributed by atoms with Gasteiger partial charge in [-0.1, -0.05) is 122 Å². The van der Waals surface area contributed by atoms with Gasteiger partial charge in [-0.3, -0.25) is 4.79 Å². The molecule has 0 bridgehead atoms. The van der Waals surface area contributed by atoms with Crippen LogP contribution < -0.4 is 0 Å². The molecule has 1 rings (SSSR count). The molecule has 1 nitrogen and oxygen atoms in total. The van der Waals surface area contributed by atoms with Gasteiger partial charge in [0.1, 0.15) is 5.78 Å². The minimum absolute atomic E-state index is 0.501. The number of unbranched alkanes of at least 4 members (excludes halogenated alkanes) is 15. The molecule has 0 N–H and O–H groups in total. The van der Waals surface area contributed by atoms with Gasteiger partial charge in [0.05, 0.1) is 0 Å². The molecule has 34 heavy (non-hydrogen) atoms. The van der Waals surface area contributed by atoms with Gasteiger partial charge in [0.2, 0.25) is 0 Å². The zero-order chi connectivity index (χ0) is 24.6. The summed E-state index contributed by atoms with van der Waals surface area (Å²) in [6.45, 7) is 4.51. The number of hydrogen-bond acceptors (Lipinski definition) is 1. The lowest BCUT2D eigenvalue weighted by molar-refractivity contribution is -0.122. The molecule has 0 radical (unpaired) electrons. The summed E-state index contributed by atoms with van der Waals surface area (Å²) in [5, 5.41) is 0. The molecule has 0 aromatic carbocycles. The highest BCUT2D eigenvalue weighted by molar-refractivity contribution is 5.79. The average Bonchev–Trinajstić information content (AvgIpc) is 2.85. The molecule has 1 aliphatic carbocycles. The Morgan fingerprint density at radius 2 is 0.941 bits per heavy atom. The predicted octanol–water partition coefficient (Wildman–Crippen LogP) is 11.5. The van der Waals surface area contributed by atoms with Crippen molar-refractivity contribution >= 4 is 5.78 Å². The Kier molecular flexibility index (Phi) is 20.7. The zero-order valence-corrected chi connectivity index (χ0v) is 23.4. The number of allylic oxidation sites excluding steroid dienone is 4. The summed E-state index contributed by atoms with van der Waals surface area (Å²) < 4.78 is 0. The Bertz CT molecular complexity index is 505. The first-order chi connectivity index (χ1) is 16.7. The first-order valence-electron chi connectivity index (χ1n) is 15.5. The van der Waals surface area contributed by atoms with Gasteiger partial charge in [-0.2, -0.15) is 0 Å². The van der Waals surface area contributed by atoms with Gasteiger partial charge in [-0.15, -0.1) is 0 Å². The lowest BCUT2D eigenvalue weighted by Crippen LogP contribution is -2.27. The highest BCUT2D eigenvalue weighted by Crippen LogP contribution is 2.44. The Hall–Kier alpha value is -0.850. The van der Waals surface area contributed by atoms with E-state index in [4.69, 9.17) is 0 Å². The monoisotopic (exact) mass is 472 g/mol. The Balaban J connectivity index is 2.09. The van der Waals surface area contributed by atoms with Gasteiger partial charge in [0, 0.05) is 12.8 Å². The van der Waals surface area contributed by atoms with Crippen molar-refractivity contribution in [3.05, 3.63) is 24.3 Å². The van der Waals surface area contributed by atoms with Crippen LogP contribution in [0.25, 0.3) is 0 Å². The van der Waals surface area contributed by atoms with Crippen molar-refractivity contribution in [3.8, 4) is 0 Å². The van der Waals surface area contributed by atoms with E-state index in [0.717, 1.165) is 12.8 Å². The number of carbonyl (C=O) groups excluding carboxylic acids is 1. The summed E-state index contributed by atoms with van der Waals surface area (Å²) in [7, 11) is 0. The fraction of sp³-hybridized carbons (Fsp3) is 0.848. The first kappa shape index (κ1) is 31.2. The molecule has 0 unspecified atom stereocenters. The molecule has 198 valence electrons. The molecule has 1 heteroatoms. The molecule has 0 aromatic rings. The maximum atomic E-state index is 11.9. The molecule has 0 aromatic heterocycles. The second kappa shape index (κ2) is 22.6. The van der Waals surface area contributed by atoms with Gasteiger partial charge < -0.3 is 0 Å². The van der Waals surface area contributed by atoms with Crippen LogP contribution in [0.15, 0.2) is 24.3 Å². The maximum absolute atomic E-state index is 11.9. The van der Waals surface area contributed by atoms with Crippen LogP contribution in [-0.4, -0.2) is 5.78 Å². The van der Waals surface area contributed by atoms with E-state index in [-0.39, 0.29) is 0 Å². The second-order valence-electron chi connectivity index (χ2n) is 11.2. The normalized spacial score (nSPS) is 16.2. The highest BCUT2D eigenvalue weighted by atomic mass is 16.1. The van der Waals surface area contributed by atoms with Crippen molar-refractivity contribution < 1.29 is 4.79 Å². The summed E-state index contributed by atoms with van der Waals surface area (Å²) in [5.74, 6) is 0.521. The summed E-state index contributed by atoms with van der Waals surface area (Å²) in [5.41, 5.74) is 0.501. The molecular formula is C33H60O. The van der Waals surface area contributed by atoms with Crippen LogP contribution in [0, 0.1) is 5.41 Å². The summed E-state index contributed by atoms with van der Waals surface area (Å²) in [4.78, 5) is 11.9. The number of ketones is 1.